The van der Waals surface area contributed by atoms with E-state index < -0.39 is 0 Å². The van der Waals surface area contributed by atoms with Gasteiger partial charge < -0.3 is 21.8 Å². The van der Waals surface area contributed by atoms with Crippen LogP contribution in [-0.2, 0) is 13.0 Å². The van der Waals surface area contributed by atoms with Gasteiger partial charge in [-0.15, -0.1) is 0 Å². The summed E-state index contributed by atoms with van der Waals surface area (Å²) >= 11 is 6.30. The molecular weight excluding hydrogens is 384 g/mol. The van der Waals surface area contributed by atoms with Gasteiger partial charge in [-0.25, -0.2) is 4.98 Å². The van der Waals surface area contributed by atoms with Crippen LogP contribution in [0.15, 0.2) is 54.7 Å². The molecule has 29 heavy (non-hydrogen) atoms. The minimum atomic E-state index is 0.143. The van der Waals surface area contributed by atoms with Crippen LogP contribution in [0.4, 0.5) is 11.8 Å². The molecule has 0 saturated heterocycles. The number of hydrogen-bond donors (Lipinski definition) is 4. The van der Waals surface area contributed by atoms with Crippen LogP contribution in [0.5, 0.6) is 0 Å². The lowest BCUT2D eigenvalue weighted by Crippen LogP contribution is -2.19. The largest absolute Gasteiger partial charge is 0.368 e. The molecule has 4 rings (SSSR count). The first-order valence-electron chi connectivity index (χ1n) is 9.49. The average molecular weight is 407 g/mol. The van der Waals surface area contributed by atoms with Crippen molar-refractivity contribution in [3.8, 4) is 11.3 Å². The molecule has 7 heteroatoms. The maximum atomic E-state index is 6.30. The van der Waals surface area contributed by atoms with Crippen LogP contribution < -0.4 is 16.8 Å². The van der Waals surface area contributed by atoms with Crippen molar-refractivity contribution in [1.82, 2.24) is 15.0 Å². The van der Waals surface area contributed by atoms with E-state index in [1.165, 1.54) is 10.9 Å². The Hall–Kier alpha value is -3.09. The zero-order valence-electron chi connectivity index (χ0n) is 16.1. The Morgan fingerprint density at radius 1 is 1.14 bits per heavy atom. The summed E-state index contributed by atoms with van der Waals surface area (Å²) in [5.74, 6) is 0.870. The topological polar surface area (TPSA) is 106 Å². The second-order valence-electron chi connectivity index (χ2n) is 7.08. The Kier molecular flexibility index (Phi) is 5.38. The van der Waals surface area contributed by atoms with Crippen molar-refractivity contribution in [1.29, 1.82) is 0 Å². The number of nitrogens with two attached hydrogens (primary N) is 2. The molecule has 0 amide bonds. The first-order chi connectivity index (χ1) is 14.0. The van der Waals surface area contributed by atoms with E-state index in [9.17, 15) is 0 Å². The Morgan fingerprint density at radius 3 is 2.79 bits per heavy atom. The van der Waals surface area contributed by atoms with E-state index in [4.69, 9.17) is 23.1 Å². The fourth-order valence-corrected chi connectivity index (χ4v) is 3.87. The second kappa shape index (κ2) is 8.11. The SMILES string of the molecule is CC(Cc1c[nH]c2ccccc12)Nc1cc(-c2cccc(Cl)c2CN)nc(N)n1. The molecule has 0 saturated carbocycles. The predicted molar refractivity (Wildman–Crippen MR) is 120 cm³/mol. The molecule has 0 bridgehead atoms. The number of aromatic nitrogens is 3. The van der Waals surface area contributed by atoms with Gasteiger partial charge >= 0.3 is 0 Å². The van der Waals surface area contributed by atoms with Gasteiger partial charge in [-0.2, -0.15) is 4.98 Å². The van der Waals surface area contributed by atoms with Gasteiger partial charge in [0.1, 0.15) is 5.82 Å². The number of benzene rings is 2. The van der Waals surface area contributed by atoms with Crippen LogP contribution >= 0.6 is 11.6 Å². The summed E-state index contributed by atoms with van der Waals surface area (Å²) in [6.45, 7) is 2.43. The first kappa shape index (κ1) is 19.2. The molecule has 4 aromatic rings. The van der Waals surface area contributed by atoms with Gasteiger partial charge in [0, 0.05) is 46.3 Å². The van der Waals surface area contributed by atoms with Crippen molar-refractivity contribution in [3.05, 3.63) is 70.9 Å². The molecule has 0 spiro atoms. The van der Waals surface area contributed by atoms with Gasteiger partial charge in [0.15, 0.2) is 0 Å². The highest BCUT2D eigenvalue weighted by Crippen LogP contribution is 2.29. The lowest BCUT2D eigenvalue weighted by atomic mass is 10.0. The quantitative estimate of drug-likeness (QED) is 0.380. The number of fused-ring (bicyclic) bond motifs is 1. The molecule has 6 N–H and O–H groups in total. The van der Waals surface area contributed by atoms with Crippen LogP contribution in [0.2, 0.25) is 5.02 Å². The number of nitrogen functional groups attached to an aromatic ring is 1. The fraction of sp³-hybridized carbons (Fsp3) is 0.182. The van der Waals surface area contributed by atoms with E-state index in [0.717, 1.165) is 23.1 Å². The van der Waals surface area contributed by atoms with Crippen molar-refractivity contribution in [2.75, 3.05) is 11.1 Å². The number of nitrogens with one attached hydrogen (secondary N) is 2. The average Bonchev–Trinajstić information content (AvgIpc) is 3.10. The Labute approximate surface area is 174 Å². The third kappa shape index (κ3) is 4.04. The van der Waals surface area contributed by atoms with Gasteiger partial charge in [0.2, 0.25) is 5.95 Å². The summed E-state index contributed by atoms with van der Waals surface area (Å²) in [5, 5.41) is 5.29. The van der Waals surface area contributed by atoms with Crippen molar-refractivity contribution in [2.24, 2.45) is 5.73 Å². The maximum Gasteiger partial charge on any atom is 0.222 e. The van der Waals surface area contributed by atoms with Crippen LogP contribution in [0, 0.1) is 0 Å². The lowest BCUT2D eigenvalue weighted by molar-refractivity contribution is 0.788. The smallest absolute Gasteiger partial charge is 0.222 e. The van der Waals surface area contributed by atoms with E-state index in [2.05, 4.69) is 51.6 Å². The van der Waals surface area contributed by atoms with Crippen molar-refractivity contribution in [2.45, 2.75) is 25.9 Å². The lowest BCUT2D eigenvalue weighted by Gasteiger charge is -2.16. The van der Waals surface area contributed by atoms with Crippen LogP contribution in [-0.4, -0.2) is 21.0 Å². The molecule has 148 valence electrons. The third-order valence-electron chi connectivity index (χ3n) is 4.94. The summed E-state index contributed by atoms with van der Waals surface area (Å²) in [7, 11) is 0. The van der Waals surface area contributed by atoms with Crippen LogP contribution in [0.1, 0.15) is 18.1 Å². The van der Waals surface area contributed by atoms with E-state index in [1.54, 1.807) is 0 Å². The zero-order chi connectivity index (χ0) is 20.4. The predicted octanol–water partition coefficient (Wildman–Crippen LogP) is 4.36. The summed E-state index contributed by atoms with van der Waals surface area (Å²) in [5.41, 5.74) is 16.7. The molecular formula is C22H23ClN6. The molecule has 1 atom stereocenters. The van der Waals surface area contributed by atoms with Crippen molar-refractivity contribution in [3.63, 3.8) is 0 Å². The Balaban J connectivity index is 1.59. The third-order valence-corrected chi connectivity index (χ3v) is 5.29. The minimum absolute atomic E-state index is 0.143. The van der Waals surface area contributed by atoms with Gasteiger partial charge in [0.25, 0.3) is 0 Å². The van der Waals surface area contributed by atoms with E-state index in [1.807, 2.05) is 30.3 Å². The van der Waals surface area contributed by atoms with Crippen molar-refractivity contribution < 1.29 is 0 Å². The number of hydrogen-bond acceptors (Lipinski definition) is 5. The van der Waals surface area contributed by atoms with Gasteiger partial charge in [-0.1, -0.05) is 41.9 Å². The van der Waals surface area contributed by atoms with Crippen molar-refractivity contribution >= 4 is 34.3 Å². The highest BCUT2D eigenvalue weighted by molar-refractivity contribution is 6.31. The summed E-state index contributed by atoms with van der Waals surface area (Å²) in [6.07, 6.45) is 2.90. The normalized spacial score (nSPS) is 12.2. The van der Waals surface area contributed by atoms with E-state index in [0.29, 0.717) is 23.1 Å². The number of rotatable bonds is 6. The molecule has 2 heterocycles. The Bertz CT molecular complexity index is 1150. The van der Waals surface area contributed by atoms with Gasteiger partial charge in [-0.05, 0) is 36.6 Å². The number of para-hydroxylation sites is 1. The molecule has 0 fully saturated rings. The standard InChI is InChI=1S/C22H23ClN6/c1-13(9-14-12-26-19-8-3-2-5-15(14)19)27-21-10-20(28-22(25)29-21)16-6-4-7-18(23)17(16)11-24/h2-8,10,12-13,26H,9,11,24H2,1H3,(H3,25,27,28,29). The van der Waals surface area contributed by atoms with Crippen LogP contribution in [0.25, 0.3) is 22.2 Å². The maximum absolute atomic E-state index is 6.30. The minimum Gasteiger partial charge on any atom is -0.368 e. The molecule has 6 nitrogen and oxygen atoms in total. The molecule has 1 unspecified atom stereocenters. The monoisotopic (exact) mass is 406 g/mol. The van der Waals surface area contributed by atoms with Gasteiger partial charge in [-0.3, -0.25) is 0 Å². The highest BCUT2D eigenvalue weighted by Gasteiger charge is 2.13. The first-order valence-corrected chi connectivity index (χ1v) is 9.87. The fourth-order valence-electron chi connectivity index (χ4n) is 3.62. The van der Waals surface area contributed by atoms with E-state index in [-0.39, 0.29) is 12.0 Å². The molecule has 0 aliphatic rings. The van der Waals surface area contributed by atoms with Gasteiger partial charge in [0.05, 0.1) is 5.69 Å². The second-order valence-corrected chi connectivity index (χ2v) is 7.48. The molecule has 2 aromatic heterocycles. The molecule has 0 aliphatic carbocycles. The summed E-state index contributed by atoms with van der Waals surface area (Å²) in [4.78, 5) is 12.1. The number of H-pyrrole nitrogens is 1. The summed E-state index contributed by atoms with van der Waals surface area (Å²) in [6, 6.07) is 15.9. The molecule has 0 aliphatic heterocycles. The number of aromatic amines is 1. The number of nitrogens with zero attached hydrogens (tertiary/aromatic N) is 2. The molecule has 0 radical (unpaired) electrons. The Morgan fingerprint density at radius 2 is 1.97 bits per heavy atom. The molecule has 2 aromatic carbocycles. The van der Waals surface area contributed by atoms with E-state index >= 15 is 0 Å². The number of anilines is 2. The number of halogens is 1. The highest BCUT2D eigenvalue weighted by atomic mass is 35.5. The summed E-state index contributed by atoms with van der Waals surface area (Å²) < 4.78 is 0. The zero-order valence-corrected chi connectivity index (χ0v) is 16.9. The van der Waals surface area contributed by atoms with Crippen LogP contribution in [0.3, 0.4) is 0 Å².